The molecule has 0 spiro atoms. The molecule has 0 aromatic heterocycles. The van der Waals surface area contributed by atoms with Gasteiger partial charge >= 0.3 is 0 Å². The molecular formula is C20H31O8-3. The Bertz CT molecular complexity index is 596. The highest BCUT2D eigenvalue weighted by atomic mass is 16.4. The van der Waals surface area contributed by atoms with Gasteiger partial charge in [-0.25, -0.2) is 0 Å². The number of carboxylic acids is 3. The standard InChI is InChI=1S/C20H34O8/c1-11(2)8-18(15(22)23,9-12(3)4)20(28,17(26)27)19(14(7)21,16(24)25)10-13(5)6/h11-13,28H,8-10H2,1-7H3,(H,22,23)(H,24,25)(H,26,27)/p-3. The summed E-state index contributed by atoms with van der Waals surface area (Å²) < 4.78 is 0. The summed E-state index contributed by atoms with van der Waals surface area (Å²) in [5, 5.41) is 48.2. The molecule has 28 heavy (non-hydrogen) atoms. The minimum Gasteiger partial charge on any atom is -0.549 e. The molecule has 162 valence electrons. The molecule has 0 saturated carbocycles. The molecule has 0 radical (unpaired) electrons. The Morgan fingerprint density at radius 2 is 1.07 bits per heavy atom. The van der Waals surface area contributed by atoms with Gasteiger partial charge in [0, 0.05) is 5.41 Å². The third kappa shape index (κ3) is 4.21. The van der Waals surface area contributed by atoms with Gasteiger partial charge in [0.2, 0.25) is 0 Å². The van der Waals surface area contributed by atoms with Gasteiger partial charge in [0.1, 0.15) is 16.8 Å². The van der Waals surface area contributed by atoms with Gasteiger partial charge in [0.15, 0.2) is 0 Å². The minimum atomic E-state index is -3.58. The summed E-state index contributed by atoms with van der Waals surface area (Å²) in [4.78, 5) is 49.4. The van der Waals surface area contributed by atoms with E-state index in [1.807, 2.05) is 0 Å². The van der Waals surface area contributed by atoms with Crippen LogP contribution in [0.15, 0.2) is 0 Å². The van der Waals surface area contributed by atoms with Crippen molar-refractivity contribution in [2.75, 3.05) is 0 Å². The summed E-state index contributed by atoms with van der Waals surface area (Å²) in [7, 11) is 0. The van der Waals surface area contributed by atoms with Crippen molar-refractivity contribution in [1.29, 1.82) is 0 Å². The van der Waals surface area contributed by atoms with Crippen LogP contribution >= 0.6 is 0 Å². The number of rotatable bonds is 12. The number of carbonyl (C=O) groups excluding carboxylic acids is 4. The minimum absolute atomic E-state index is 0.432. The monoisotopic (exact) mass is 399 g/mol. The number of aliphatic hydroxyl groups is 1. The van der Waals surface area contributed by atoms with Gasteiger partial charge in [0.05, 0.1) is 17.9 Å². The number of hydrogen-bond donors (Lipinski definition) is 1. The van der Waals surface area contributed by atoms with Crippen molar-refractivity contribution in [3.63, 3.8) is 0 Å². The average Bonchev–Trinajstić information content (AvgIpc) is 2.48. The van der Waals surface area contributed by atoms with Crippen molar-refractivity contribution >= 4 is 23.7 Å². The normalized spacial score (nSPS) is 16.7. The molecule has 0 aliphatic rings. The van der Waals surface area contributed by atoms with E-state index in [4.69, 9.17) is 0 Å². The molecule has 0 rings (SSSR count). The van der Waals surface area contributed by atoms with Crippen LogP contribution in [0.25, 0.3) is 0 Å². The Hall–Kier alpha value is -1.96. The van der Waals surface area contributed by atoms with Gasteiger partial charge in [-0.3, -0.25) is 4.79 Å². The summed E-state index contributed by atoms with van der Waals surface area (Å²) >= 11 is 0. The van der Waals surface area contributed by atoms with E-state index in [0.717, 1.165) is 6.92 Å². The average molecular weight is 399 g/mol. The molecule has 0 fully saturated rings. The first-order valence-corrected chi connectivity index (χ1v) is 9.40. The van der Waals surface area contributed by atoms with Crippen LogP contribution in [0.3, 0.4) is 0 Å². The summed E-state index contributed by atoms with van der Waals surface area (Å²) in [6.45, 7) is 10.2. The maximum absolute atomic E-state index is 12.5. The zero-order valence-electron chi connectivity index (χ0n) is 17.7. The number of carboxylic acid groups (broad SMARTS) is 3. The van der Waals surface area contributed by atoms with Gasteiger partial charge in [-0.05, 0) is 43.9 Å². The second-order valence-electron chi connectivity index (χ2n) is 8.91. The maximum atomic E-state index is 12.5. The van der Waals surface area contributed by atoms with E-state index in [9.17, 15) is 39.6 Å². The van der Waals surface area contributed by atoms with Crippen LogP contribution in [0.1, 0.15) is 67.7 Å². The van der Waals surface area contributed by atoms with E-state index in [2.05, 4.69) is 0 Å². The highest BCUT2D eigenvalue weighted by Crippen LogP contribution is 2.54. The highest BCUT2D eigenvalue weighted by molar-refractivity contribution is 6.09. The van der Waals surface area contributed by atoms with E-state index in [1.165, 1.54) is 13.8 Å². The van der Waals surface area contributed by atoms with E-state index in [-0.39, 0.29) is 0 Å². The SMILES string of the molecule is CC(=O)C(CC(C)C)(C(=O)[O-])C(O)(C(=O)[O-])C(CC(C)C)(CC(C)C)C(=O)[O-]. The molecule has 0 aromatic rings. The summed E-state index contributed by atoms with van der Waals surface area (Å²) in [6.07, 6.45) is -1.50. The molecule has 8 nitrogen and oxygen atoms in total. The van der Waals surface area contributed by atoms with E-state index >= 15 is 0 Å². The number of hydrogen-bond acceptors (Lipinski definition) is 8. The first-order valence-electron chi connectivity index (χ1n) is 9.40. The third-order valence-electron chi connectivity index (χ3n) is 5.17. The molecule has 1 N–H and O–H groups in total. The lowest BCUT2D eigenvalue weighted by atomic mass is 9.50. The Kier molecular flexibility index (Phi) is 8.39. The summed E-state index contributed by atoms with van der Waals surface area (Å²) in [6, 6.07) is 0. The molecule has 8 heteroatoms. The summed E-state index contributed by atoms with van der Waals surface area (Å²) in [5.74, 6) is -9.17. The Balaban J connectivity index is 7.48. The molecule has 2 unspecified atom stereocenters. The molecule has 0 aromatic carbocycles. The van der Waals surface area contributed by atoms with Crippen molar-refractivity contribution < 1.29 is 39.6 Å². The van der Waals surface area contributed by atoms with Gasteiger partial charge in [-0.2, -0.15) is 0 Å². The molecular weight excluding hydrogens is 368 g/mol. The first-order chi connectivity index (χ1) is 12.5. The van der Waals surface area contributed by atoms with Crippen LogP contribution in [0.4, 0.5) is 0 Å². The molecule has 0 heterocycles. The zero-order valence-corrected chi connectivity index (χ0v) is 17.7. The van der Waals surface area contributed by atoms with Crippen LogP contribution in [0, 0.1) is 28.6 Å². The lowest BCUT2D eigenvalue weighted by Crippen LogP contribution is -2.78. The second-order valence-corrected chi connectivity index (χ2v) is 8.91. The molecule has 2 atom stereocenters. The lowest BCUT2D eigenvalue weighted by Gasteiger charge is -2.59. The predicted octanol–water partition coefficient (Wildman–Crippen LogP) is -1.33. The van der Waals surface area contributed by atoms with Crippen LogP contribution in [-0.4, -0.2) is 34.4 Å². The number of ketones is 1. The van der Waals surface area contributed by atoms with Gasteiger partial charge < -0.3 is 34.8 Å². The number of Topliss-reactive ketones (excluding diaryl/α,β-unsaturated/α-hetero) is 1. The summed E-state index contributed by atoms with van der Waals surface area (Å²) in [5.41, 5.74) is -9.19. The third-order valence-corrected chi connectivity index (χ3v) is 5.17. The second kappa shape index (κ2) is 9.03. The topological polar surface area (TPSA) is 158 Å². The van der Waals surface area contributed by atoms with Crippen LogP contribution in [-0.2, 0) is 19.2 Å². The Morgan fingerprint density at radius 1 is 0.714 bits per heavy atom. The molecule has 0 bridgehead atoms. The van der Waals surface area contributed by atoms with E-state index in [1.54, 1.807) is 27.7 Å². The molecule has 0 aliphatic carbocycles. The zero-order chi connectivity index (χ0) is 22.7. The van der Waals surface area contributed by atoms with Crippen LogP contribution in [0.5, 0.6) is 0 Å². The molecule has 0 amide bonds. The quantitative estimate of drug-likeness (QED) is 0.395. The van der Waals surface area contributed by atoms with Gasteiger partial charge in [-0.15, -0.1) is 0 Å². The van der Waals surface area contributed by atoms with Crippen molar-refractivity contribution in [3.05, 3.63) is 0 Å². The fraction of sp³-hybridized carbons (Fsp3) is 0.800. The van der Waals surface area contributed by atoms with Gasteiger partial charge in [-0.1, -0.05) is 41.5 Å². The predicted molar refractivity (Wildman–Crippen MR) is 93.9 cm³/mol. The Labute approximate surface area is 165 Å². The number of carbonyl (C=O) groups is 4. The largest absolute Gasteiger partial charge is 0.549 e. The smallest absolute Gasteiger partial charge is 0.144 e. The van der Waals surface area contributed by atoms with Crippen LogP contribution in [0.2, 0.25) is 0 Å². The van der Waals surface area contributed by atoms with Crippen molar-refractivity contribution in [2.45, 2.75) is 73.3 Å². The molecule has 0 aliphatic heterocycles. The Morgan fingerprint density at radius 3 is 1.25 bits per heavy atom. The van der Waals surface area contributed by atoms with Crippen molar-refractivity contribution in [2.24, 2.45) is 28.6 Å². The van der Waals surface area contributed by atoms with E-state index < -0.39 is 77.1 Å². The maximum Gasteiger partial charge on any atom is 0.144 e. The number of aliphatic carboxylic acids is 3. The van der Waals surface area contributed by atoms with Crippen molar-refractivity contribution in [1.82, 2.24) is 0 Å². The first kappa shape index (κ1) is 26.0. The van der Waals surface area contributed by atoms with Crippen LogP contribution < -0.4 is 15.3 Å². The fourth-order valence-electron chi connectivity index (χ4n) is 4.40. The van der Waals surface area contributed by atoms with Gasteiger partial charge in [0.25, 0.3) is 0 Å². The molecule has 0 saturated heterocycles. The fourth-order valence-corrected chi connectivity index (χ4v) is 4.40. The van der Waals surface area contributed by atoms with Crippen molar-refractivity contribution in [3.8, 4) is 0 Å². The van der Waals surface area contributed by atoms with E-state index in [0.29, 0.717) is 0 Å². The highest BCUT2D eigenvalue weighted by Gasteiger charge is 2.67. The lowest BCUT2D eigenvalue weighted by molar-refractivity contribution is -0.372.